The number of benzene rings is 2. The fourth-order valence-corrected chi connectivity index (χ4v) is 6.94. The summed E-state index contributed by atoms with van der Waals surface area (Å²) in [6.07, 6.45) is 10.7. The van der Waals surface area contributed by atoms with E-state index in [1.54, 1.807) is 12.5 Å². The van der Waals surface area contributed by atoms with E-state index in [0.29, 0.717) is 11.3 Å². The lowest BCUT2D eigenvalue weighted by molar-refractivity contribution is -0.129. The van der Waals surface area contributed by atoms with Gasteiger partial charge in [-0.1, -0.05) is 41.1 Å². The third kappa shape index (κ3) is 4.26. The molecule has 5 heteroatoms. The second-order valence-corrected chi connectivity index (χ2v) is 12.2. The molecule has 0 atom stereocenters. The normalized spacial score (nSPS) is 20.3. The van der Waals surface area contributed by atoms with Crippen LogP contribution in [0, 0.1) is 12.3 Å². The number of aryl methyl sites for hydroxylation is 1. The van der Waals surface area contributed by atoms with E-state index in [-0.39, 0.29) is 5.91 Å². The number of nitrogens with zero attached hydrogens (tertiary/aromatic N) is 3. The predicted octanol–water partition coefficient (Wildman–Crippen LogP) is 6.90. The van der Waals surface area contributed by atoms with Crippen LogP contribution >= 0.6 is 0 Å². The molecule has 1 aromatic heterocycles. The van der Waals surface area contributed by atoms with Gasteiger partial charge in [0.25, 0.3) is 0 Å². The molecule has 1 amide bonds. The summed E-state index contributed by atoms with van der Waals surface area (Å²) in [5.74, 6) is 1.83. The van der Waals surface area contributed by atoms with Crippen LogP contribution in [0.3, 0.4) is 0 Å². The van der Waals surface area contributed by atoms with Gasteiger partial charge in [-0.3, -0.25) is 4.79 Å². The van der Waals surface area contributed by atoms with Crippen molar-refractivity contribution in [2.24, 2.45) is 5.41 Å². The third-order valence-electron chi connectivity index (χ3n) is 9.49. The van der Waals surface area contributed by atoms with E-state index in [1.165, 1.54) is 72.0 Å². The first-order valence-corrected chi connectivity index (χ1v) is 14.4. The zero-order chi connectivity index (χ0) is 25.9. The Bertz CT molecular complexity index is 1410. The number of allylic oxidation sites excluding steroid dienone is 1. The van der Waals surface area contributed by atoms with Gasteiger partial charge < -0.3 is 14.3 Å². The molecule has 0 N–H and O–H groups in total. The molecular formula is C33H37N3O2. The Morgan fingerprint density at radius 3 is 2.58 bits per heavy atom. The van der Waals surface area contributed by atoms with Gasteiger partial charge in [-0.2, -0.15) is 0 Å². The number of amides is 1. The molecule has 0 radical (unpaired) electrons. The van der Waals surface area contributed by atoms with Crippen molar-refractivity contribution >= 4 is 17.7 Å². The van der Waals surface area contributed by atoms with Gasteiger partial charge in [0.2, 0.25) is 5.91 Å². The molecule has 5 nitrogen and oxygen atoms in total. The molecule has 7 rings (SSSR count). The molecule has 3 heterocycles. The van der Waals surface area contributed by atoms with Crippen molar-refractivity contribution < 1.29 is 9.32 Å². The predicted molar refractivity (Wildman–Crippen MR) is 151 cm³/mol. The van der Waals surface area contributed by atoms with Gasteiger partial charge in [0, 0.05) is 55.8 Å². The SMILES string of the molecule is CC(=O)N1CCc2cc(N3CCC4(CC3)CC(=Cc3c(-c5ccccc5C)noc3C3CC3)C4)ccc2C1. The first-order valence-electron chi connectivity index (χ1n) is 14.4. The zero-order valence-electron chi connectivity index (χ0n) is 22.6. The van der Waals surface area contributed by atoms with Gasteiger partial charge in [0.05, 0.1) is 0 Å². The molecule has 1 spiro atoms. The number of anilines is 1. The summed E-state index contributed by atoms with van der Waals surface area (Å²) in [4.78, 5) is 16.3. The van der Waals surface area contributed by atoms with Gasteiger partial charge >= 0.3 is 0 Å². The topological polar surface area (TPSA) is 49.6 Å². The van der Waals surface area contributed by atoms with Crippen molar-refractivity contribution in [3.05, 3.63) is 76.1 Å². The third-order valence-corrected chi connectivity index (χ3v) is 9.49. The monoisotopic (exact) mass is 507 g/mol. The van der Waals surface area contributed by atoms with Crippen LogP contribution in [0.4, 0.5) is 5.69 Å². The Morgan fingerprint density at radius 2 is 1.84 bits per heavy atom. The molecule has 2 aromatic carbocycles. The molecule has 0 unspecified atom stereocenters. The van der Waals surface area contributed by atoms with Crippen LogP contribution in [0.1, 0.15) is 79.4 Å². The van der Waals surface area contributed by atoms with E-state index in [4.69, 9.17) is 4.52 Å². The first-order chi connectivity index (χ1) is 18.5. The maximum absolute atomic E-state index is 11.8. The molecule has 3 aromatic rings. The summed E-state index contributed by atoms with van der Waals surface area (Å²) in [5, 5.41) is 4.57. The summed E-state index contributed by atoms with van der Waals surface area (Å²) in [6, 6.07) is 15.4. The van der Waals surface area contributed by atoms with Crippen LogP contribution < -0.4 is 4.90 Å². The van der Waals surface area contributed by atoms with Crippen molar-refractivity contribution in [3.63, 3.8) is 0 Å². The van der Waals surface area contributed by atoms with Crippen molar-refractivity contribution in [2.45, 2.75) is 71.3 Å². The van der Waals surface area contributed by atoms with Gasteiger partial charge in [0.15, 0.2) is 0 Å². The van der Waals surface area contributed by atoms with Crippen LogP contribution in [-0.4, -0.2) is 35.6 Å². The Hall–Kier alpha value is -3.34. The van der Waals surface area contributed by atoms with Crippen molar-refractivity contribution in [1.29, 1.82) is 0 Å². The maximum atomic E-state index is 11.8. The van der Waals surface area contributed by atoms with Crippen molar-refractivity contribution in [1.82, 2.24) is 10.1 Å². The molecule has 0 bridgehead atoms. The molecule has 2 saturated carbocycles. The quantitative estimate of drug-likeness (QED) is 0.386. The molecule has 196 valence electrons. The highest BCUT2D eigenvalue weighted by Crippen LogP contribution is 2.54. The van der Waals surface area contributed by atoms with Gasteiger partial charge in [-0.15, -0.1) is 0 Å². The number of aromatic nitrogens is 1. The molecule has 2 aliphatic carbocycles. The van der Waals surface area contributed by atoms with E-state index in [1.807, 2.05) is 4.90 Å². The van der Waals surface area contributed by atoms with Gasteiger partial charge in [-0.05, 0) is 92.2 Å². The molecule has 1 saturated heterocycles. The first kappa shape index (κ1) is 23.8. The molecule has 38 heavy (non-hydrogen) atoms. The molecule has 3 fully saturated rings. The van der Waals surface area contributed by atoms with Crippen LogP contribution in [0.5, 0.6) is 0 Å². The van der Waals surface area contributed by atoms with Crippen LogP contribution in [0.25, 0.3) is 17.3 Å². The minimum absolute atomic E-state index is 0.175. The number of hydrogen-bond acceptors (Lipinski definition) is 4. The minimum atomic E-state index is 0.175. The van der Waals surface area contributed by atoms with Crippen LogP contribution in [0.2, 0.25) is 0 Å². The number of rotatable bonds is 4. The standard InChI is InChI=1S/C33H37N3O2/c1-22-5-3-4-6-29(22)31-30(32(38-34-31)25-7-8-25)17-24-19-33(20-24)12-15-35(16-13-33)28-10-9-27-21-36(23(2)37)14-11-26(27)18-28/h3-6,9-10,17-18,25H,7-8,11-16,19-21H2,1-2H3. The average molecular weight is 508 g/mol. The highest BCUT2D eigenvalue weighted by Gasteiger charge is 2.43. The molecule has 2 aliphatic heterocycles. The number of hydrogen-bond donors (Lipinski definition) is 0. The largest absolute Gasteiger partial charge is 0.371 e. The van der Waals surface area contributed by atoms with E-state index >= 15 is 0 Å². The van der Waals surface area contributed by atoms with Crippen molar-refractivity contribution in [3.8, 4) is 11.3 Å². The molecular weight excluding hydrogens is 470 g/mol. The summed E-state index contributed by atoms with van der Waals surface area (Å²) < 4.78 is 5.94. The highest BCUT2D eigenvalue weighted by molar-refractivity contribution is 5.77. The van der Waals surface area contributed by atoms with E-state index < -0.39 is 0 Å². The summed E-state index contributed by atoms with van der Waals surface area (Å²) in [7, 11) is 0. The molecule has 4 aliphatic rings. The fourth-order valence-electron chi connectivity index (χ4n) is 6.94. The van der Waals surface area contributed by atoms with E-state index in [0.717, 1.165) is 44.1 Å². The summed E-state index contributed by atoms with van der Waals surface area (Å²) in [6.45, 7) is 7.67. The lowest BCUT2D eigenvalue weighted by Crippen LogP contribution is -2.44. The summed E-state index contributed by atoms with van der Waals surface area (Å²) in [5.41, 5.74) is 10.8. The Labute approximate surface area is 225 Å². The lowest BCUT2D eigenvalue weighted by atomic mass is 9.60. The number of carbonyl (C=O) groups is 1. The number of piperidine rings is 1. The second kappa shape index (κ2) is 9.14. The number of carbonyl (C=O) groups excluding carboxylic acids is 1. The number of fused-ring (bicyclic) bond motifs is 1. The second-order valence-electron chi connectivity index (χ2n) is 12.2. The maximum Gasteiger partial charge on any atom is 0.219 e. The van der Waals surface area contributed by atoms with Crippen LogP contribution in [0.15, 0.2) is 52.6 Å². The Kier molecular flexibility index (Phi) is 5.72. The van der Waals surface area contributed by atoms with Gasteiger partial charge in [-0.25, -0.2) is 0 Å². The van der Waals surface area contributed by atoms with Gasteiger partial charge in [0.1, 0.15) is 11.5 Å². The average Bonchev–Trinajstić information content (AvgIpc) is 3.68. The van der Waals surface area contributed by atoms with E-state index in [9.17, 15) is 4.79 Å². The van der Waals surface area contributed by atoms with E-state index in [2.05, 4.69) is 65.5 Å². The van der Waals surface area contributed by atoms with Crippen molar-refractivity contribution in [2.75, 3.05) is 24.5 Å². The lowest BCUT2D eigenvalue weighted by Gasteiger charge is -2.50. The Balaban J connectivity index is 1.04. The highest BCUT2D eigenvalue weighted by atomic mass is 16.5. The zero-order valence-corrected chi connectivity index (χ0v) is 22.6. The minimum Gasteiger partial charge on any atom is -0.371 e. The smallest absolute Gasteiger partial charge is 0.219 e. The Morgan fingerprint density at radius 1 is 1.05 bits per heavy atom. The summed E-state index contributed by atoms with van der Waals surface area (Å²) >= 11 is 0. The fraction of sp³-hybridized carbons (Fsp3) is 0.455. The van der Waals surface area contributed by atoms with Crippen LogP contribution in [-0.2, 0) is 17.8 Å².